The van der Waals surface area contributed by atoms with E-state index in [0.29, 0.717) is 11.5 Å². The number of rotatable bonds is 4. The Bertz CT molecular complexity index is 534. The SMILES string of the molecule is C=CCN1C(=O)C(=O)N(Cc2cc(C)on2)C1=O. The van der Waals surface area contributed by atoms with Crippen LogP contribution >= 0.6 is 0 Å². The maximum absolute atomic E-state index is 11.8. The molecule has 1 aromatic rings. The molecule has 7 nitrogen and oxygen atoms in total. The van der Waals surface area contributed by atoms with Crippen LogP contribution in [0.3, 0.4) is 0 Å². The van der Waals surface area contributed by atoms with E-state index in [-0.39, 0.29) is 13.1 Å². The Morgan fingerprint density at radius 1 is 1.33 bits per heavy atom. The number of amides is 4. The van der Waals surface area contributed by atoms with E-state index in [4.69, 9.17) is 4.52 Å². The minimum absolute atomic E-state index is 0.0117. The second kappa shape index (κ2) is 4.44. The van der Waals surface area contributed by atoms with Crippen LogP contribution < -0.4 is 0 Å². The summed E-state index contributed by atoms with van der Waals surface area (Å²) >= 11 is 0. The van der Waals surface area contributed by atoms with Crippen LogP contribution in [0.2, 0.25) is 0 Å². The van der Waals surface area contributed by atoms with Crippen LogP contribution in [-0.4, -0.2) is 39.3 Å². The highest BCUT2D eigenvalue weighted by atomic mass is 16.5. The summed E-state index contributed by atoms with van der Waals surface area (Å²) < 4.78 is 4.83. The van der Waals surface area contributed by atoms with Gasteiger partial charge in [-0.05, 0) is 6.92 Å². The van der Waals surface area contributed by atoms with E-state index < -0.39 is 17.8 Å². The molecule has 0 unspecified atom stereocenters. The molecule has 1 aromatic heterocycles. The molecule has 0 saturated carbocycles. The smallest absolute Gasteiger partial charge is 0.334 e. The van der Waals surface area contributed by atoms with Crippen LogP contribution in [0.25, 0.3) is 0 Å². The Kier molecular flexibility index (Phi) is 2.97. The predicted octanol–water partition coefficient (Wildman–Crippen LogP) is 0.460. The van der Waals surface area contributed by atoms with Crippen LogP contribution in [-0.2, 0) is 16.1 Å². The zero-order valence-electron chi connectivity index (χ0n) is 9.75. The first-order chi connectivity index (χ1) is 8.54. The Morgan fingerprint density at radius 2 is 2.00 bits per heavy atom. The molecule has 2 rings (SSSR count). The number of nitrogens with zero attached hydrogens (tertiary/aromatic N) is 3. The van der Waals surface area contributed by atoms with E-state index >= 15 is 0 Å². The molecule has 2 heterocycles. The summed E-state index contributed by atoms with van der Waals surface area (Å²) in [6.45, 7) is 5.06. The zero-order valence-corrected chi connectivity index (χ0v) is 9.75. The number of aryl methyl sites for hydroxylation is 1. The summed E-state index contributed by atoms with van der Waals surface area (Å²) in [5, 5.41) is 3.67. The number of hydrogen-bond donors (Lipinski definition) is 0. The first-order valence-corrected chi connectivity index (χ1v) is 5.25. The summed E-state index contributed by atoms with van der Waals surface area (Å²) in [4.78, 5) is 36.7. The van der Waals surface area contributed by atoms with Crippen molar-refractivity contribution in [3.63, 3.8) is 0 Å². The van der Waals surface area contributed by atoms with E-state index in [1.807, 2.05) is 0 Å². The first kappa shape index (κ1) is 12.0. The number of carbonyl (C=O) groups excluding carboxylic acids is 3. The molecule has 0 bridgehead atoms. The highest BCUT2D eigenvalue weighted by molar-refractivity contribution is 6.44. The minimum Gasteiger partial charge on any atom is -0.361 e. The zero-order chi connectivity index (χ0) is 13.3. The number of aromatic nitrogens is 1. The molecule has 0 N–H and O–H groups in total. The minimum atomic E-state index is -0.859. The number of hydrogen-bond acceptors (Lipinski definition) is 5. The topological polar surface area (TPSA) is 83.7 Å². The van der Waals surface area contributed by atoms with Crippen LogP contribution in [0.15, 0.2) is 23.2 Å². The standard InChI is InChI=1S/C11H11N3O4/c1-3-4-13-9(15)10(16)14(11(13)17)6-8-5-7(2)18-12-8/h3,5H,1,4,6H2,2H3. The van der Waals surface area contributed by atoms with Crippen molar-refractivity contribution in [2.24, 2.45) is 0 Å². The van der Waals surface area contributed by atoms with Gasteiger partial charge in [-0.15, -0.1) is 6.58 Å². The van der Waals surface area contributed by atoms with Crippen molar-refractivity contribution in [3.05, 3.63) is 30.2 Å². The van der Waals surface area contributed by atoms with Crippen molar-refractivity contribution in [3.8, 4) is 0 Å². The molecule has 1 saturated heterocycles. The lowest BCUT2D eigenvalue weighted by molar-refractivity contribution is -0.143. The number of urea groups is 1. The molecule has 0 aliphatic carbocycles. The highest BCUT2D eigenvalue weighted by Gasteiger charge is 2.43. The van der Waals surface area contributed by atoms with Gasteiger partial charge in [-0.2, -0.15) is 0 Å². The molecule has 1 aliphatic rings. The van der Waals surface area contributed by atoms with Crippen molar-refractivity contribution in [2.45, 2.75) is 13.5 Å². The van der Waals surface area contributed by atoms with Gasteiger partial charge < -0.3 is 4.52 Å². The molecule has 0 aromatic carbocycles. The molecule has 94 valence electrons. The van der Waals surface area contributed by atoms with E-state index in [0.717, 1.165) is 9.80 Å². The molecule has 4 amide bonds. The summed E-state index contributed by atoms with van der Waals surface area (Å²) in [5.41, 5.74) is 0.419. The largest absolute Gasteiger partial charge is 0.361 e. The van der Waals surface area contributed by atoms with Gasteiger partial charge in [0, 0.05) is 12.6 Å². The van der Waals surface area contributed by atoms with Crippen molar-refractivity contribution in [1.29, 1.82) is 0 Å². The fourth-order valence-corrected chi connectivity index (χ4v) is 1.63. The normalized spacial score (nSPS) is 15.7. The third kappa shape index (κ3) is 1.90. The van der Waals surface area contributed by atoms with E-state index in [2.05, 4.69) is 11.7 Å². The van der Waals surface area contributed by atoms with E-state index in [9.17, 15) is 14.4 Å². The van der Waals surface area contributed by atoms with Crippen molar-refractivity contribution < 1.29 is 18.9 Å². The molecule has 0 radical (unpaired) electrons. The van der Waals surface area contributed by atoms with Crippen molar-refractivity contribution in [2.75, 3.05) is 6.54 Å². The van der Waals surface area contributed by atoms with Gasteiger partial charge in [0.05, 0.1) is 6.54 Å². The Labute approximate surface area is 103 Å². The van der Waals surface area contributed by atoms with Crippen molar-refractivity contribution in [1.82, 2.24) is 15.0 Å². The average molecular weight is 249 g/mol. The molecular weight excluding hydrogens is 238 g/mol. The maximum atomic E-state index is 11.8. The van der Waals surface area contributed by atoms with Gasteiger partial charge in [0.2, 0.25) is 0 Å². The van der Waals surface area contributed by atoms with Gasteiger partial charge in [-0.25, -0.2) is 9.69 Å². The van der Waals surface area contributed by atoms with Crippen molar-refractivity contribution >= 4 is 17.8 Å². The number of carbonyl (C=O) groups is 3. The Balaban J connectivity index is 2.18. The average Bonchev–Trinajstić information content (AvgIpc) is 2.83. The van der Waals surface area contributed by atoms with E-state index in [1.54, 1.807) is 13.0 Å². The lowest BCUT2D eigenvalue weighted by atomic mass is 10.3. The predicted molar refractivity (Wildman–Crippen MR) is 59.1 cm³/mol. The maximum Gasteiger partial charge on any atom is 0.334 e. The molecular formula is C11H11N3O4. The lowest BCUT2D eigenvalue weighted by Gasteiger charge is -2.12. The van der Waals surface area contributed by atoms with Gasteiger partial charge in [-0.1, -0.05) is 11.2 Å². The molecule has 1 aliphatic heterocycles. The van der Waals surface area contributed by atoms with Gasteiger partial charge in [0.25, 0.3) is 0 Å². The first-order valence-electron chi connectivity index (χ1n) is 5.25. The van der Waals surface area contributed by atoms with Gasteiger partial charge in [-0.3, -0.25) is 14.5 Å². The fourth-order valence-electron chi connectivity index (χ4n) is 1.63. The highest BCUT2D eigenvalue weighted by Crippen LogP contribution is 2.15. The van der Waals surface area contributed by atoms with Gasteiger partial charge in [0.1, 0.15) is 11.5 Å². The van der Waals surface area contributed by atoms with Crippen LogP contribution in [0.1, 0.15) is 11.5 Å². The van der Waals surface area contributed by atoms with Crippen LogP contribution in [0, 0.1) is 6.92 Å². The summed E-state index contributed by atoms with van der Waals surface area (Å²) in [7, 11) is 0. The lowest BCUT2D eigenvalue weighted by Crippen LogP contribution is -2.33. The van der Waals surface area contributed by atoms with Gasteiger partial charge in [0.15, 0.2) is 0 Å². The third-order valence-electron chi connectivity index (χ3n) is 2.44. The van der Waals surface area contributed by atoms with Crippen LogP contribution in [0.5, 0.6) is 0 Å². The van der Waals surface area contributed by atoms with E-state index in [1.165, 1.54) is 6.08 Å². The number of imide groups is 2. The second-order valence-corrected chi connectivity index (χ2v) is 3.81. The molecule has 18 heavy (non-hydrogen) atoms. The summed E-state index contributed by atoms with van der Waals surface area (Å²) in [6, 6.07) is 0.937. The Morgan fingerprint density at radius 3 is 2.56 bits per heavy atom. The molecule has 1 fully saturated rings. The molecule has 0 atom stereocenters. The summed E-state index contributed by atoms with van der Waals surface area (Å²) in [6.07, 6.45) is 1.38. The molecule has 0 spiro atoms. The molecule has 7 heteroatoms. The third-order valence-corrected chi connectivity index (χ3v) is 2.44. The Hall–Kier alpha value is -2.44. The summed E-state index contributed by atoms with van der Waals surface area (Å²) in [5.74, 6) is -1.14. The van der Waals surface area contributed by atoms with Crippen LogP contribution in [0.4, 0.5) is 4.79 Å². The van der Waals surface area contributed by atoms with Gasteiger partial charge >= 0.3 is 17.8 Å². The second-order valence-electron chi connectivity index (χ2n) is 3.81. The quantitative estimate of drug-likeness (QED) is 0.439. The fraction of sp³-hybridized carbons (Fsp3) is 0.273. The monoisotopic (exact) mass is 249 g/mol.